The Morgan fingerprint density at radius 2 is 2.04 bits per heavy atom. The van der Waals surface area contributed by atoms with Gasteiger partial charge >= 0.3 is 0 Å². The summed E-state index contributed by atoms with van der Waals surface area (Å²) in [5.74, 6) is 1.69. The van der Waals surface area contributed by atoms with E-state index in [4.69, 9.17) is 8.83 Å². The second kappa shape index (κ2) is 6.58. The van der Waals surface area contributed by atoms with Gasteiger partial charge in [-0.3, -0.25) is 14.2 Å². The van der Waals surface area contributed by atoms with Gasteiger partial charge in [-0.25, -0.2) is 4.98 Å². The van der Waals surface area contributed by atoms with Crippen molar-refractivity contribution in [3.63, 3.8) is 0 Å². The fraction of sp³-hybridized carbons (Fsp3) is 0.389. The van der Waals surface area contributed by atoms with E-state index >= 15 is 0 Å². The van der Waals surface area contributed by atoms with Gasteiger partial charge < -0.3 is 14.2 Å². The van der Waals surface area contributed by atoms with Crippen molar-refractivity contribution in [2.45, 2.75) is 40.8 Å². The Balaban J connectivity index is 1.95. The summed E-state index contributed by atoms with van der Waals surface area (Å²) in [5.41, 5.74) is 0.143. The fourth-order valence-corrected chi connectivity index (χ4v) is 2.77. The van der Waals surface area contributed by atoms with E-state index in [1.165, 1.54) is 10.9 Å². The molecule has 0 saturated carbocycles. The molecule has 132 valence electrons. The van der Waals surface area contributed by atoms with Crippen LogP contribution in [0.2, 0.25) is 0 Å². The van der Waals surface area contributed by atoms with Crippen molar-refractivity contribution < 1.29 is 13.6 Å². The molecule has 0 atom stereocenters. The van der Waals surface area contributed by atoms with Gasteiger partial charge in [-0.2, -0.15) is 0 Å². The van der Waals surface area contributed by atoms with Crippen molar-refractivity contribution in [3.05, 3.63) is 51.7 Å². The predicted molar refractivity (Wildman–Crippen MR) is 92.5 cm³/mol. The van der Waals surface area contributed by atoms with Crippen molar-refractivity contribution in [2.24, 2.45) is 5.92 Å². The van der Waals surface area contributed by atoms with E-state index in [1.807, 2.05) is 26.8 Å². The van der Waals surface area contributed by atoms with Crippen LogP contribution >= 0.6 is 0 Å². The van der Waals surface area contributed by atoms with E-state index in [1.54, 1.807) is 13.0 Å². The molecule has 0 spiro atoms. The van der Waals surface area contributed by atoms with Gasteiger partial charge in [-0.1, -0.05) is 13.8 Å². The lowest BCUT2D eigenvalue weighted by Gasteiger charge is -2.08. The van der Waals surface area contributed by atoms with Crippen molar-refractivity contribution in [1.82, 2.24) is 14.9 Å². The first kappa shape index (κ1) is 17.0. The maximum atomic E-state index is 12.7. The average Bonchev–Trinajstić information content (AvgIpc) is 3.10. The minimum atomic E-state index is -0.383. The van der Waals surface area contributed by atoms with Gasteiger partial charge in [-0.15, -0.1) is 0 Å². The van der Waals surface area contributed by atoms with Crippen LogP contribution in [0, 0.1) is 19.8 Å². The second-order valence-electron chi connectivity index (χ2n) is 6.50. The molecule has 3 aromatic rings. The number of fused-ring (bicyclic) bond motifs is 1. The van der Waals surface area contributed by atoms with Crippen LogP contribution in [0.25, 0.3) is 11.1 Å². The Morgan fingerprint density at radius 1 is 1.28 bits per heavy atom. The van der Waals surface area contributed by atoms with Crippen molar-refractivity contribution >= 4 is 17.0 Å². The summed E-state index contributed by atoms with van der Waals surface area (Å²) >= 11 is 0. The van der Waals surface area contributed by atoms with E-state index in [9.17, 15) is 9.59 Å². The van der Waals surface area contributed by atoms with Gasteiger partial charge in [0.05, 0.1) is 12.1 Å². The number of hydrogen-bond donors (Lipinski definition) is 1. The molecular weight excluding hydrogens is 322 g/mol. The minimum absolute atomic E-state index is 0.182. The fourth-order valence-electron chi connectivity index (χ4n) is 2.77. The highest BCUT2D eigenvalue weighted by Gasteiger charge is 2.23. The molecule has 25 heavy (non-hydrogen) atoms. The number of nitrogens with one attached hydrogen (secondary N) is 1. The molecule has 0 radical (unpaired) electrons. The molecule has 0 aliphatic heterocycles. The van der Waals surface area contributed by atoms with Crippen LogP contribution in [0.4, 0.5) is 0 Å². The molecule has 1 N–H and O–H groups in total. The highest BCUT2D eigenvalue weighted by Crippen LogP contribution is 2.21. The second-order valence-corrected chi connectivity index (χ2v) is 6.50. The number of nitrogens with zero attached hydrogens (tertiary/aromatic N) is 2. The summed E-state index contributed by atoms with van der Waals surface area (Å²) < 4.78 is 12.5. The Bertz CT molecular complexity index is 978. The molecule has 7 nitrogen and oxygen atoms in total. The molecular formula is C18H21N3O4. The number of carbonyl (C=O) groups is 1. The van der Waals surface area contributed by atoms with E-state index in [0.29, 0.717) is 18.1 Å². The lowest BCUT2D eigenvalue weighted by Crippen LogP contribution is -2.27. The summed E-state index contributed by atoms with van der Waals surface area (Å²) in [6, 6.07) is 3.63. The zero-order valence-electron chi connectivity index (χ0n) is 14.8. The van der Waals surface area contributed by atoms with Gasteiger partial charge in [0.2, 0.25) is 5.71 Å². The van der Waals surface area contributed by atoms with Crippen LogP contribution in [0.3, 0.4) is 0 Å². The summed E-state index contributed by atoms with van der Waals surface area (Å²) in [6.07, 6.45) is 1.46. The topological polar surface area (TPSA) is 90.3 Å². The highest BCUT2D eigenvalue weighted by molar-refractivity contribution is 6.06. The number of furan rings is 2. The van der Waals surface area contributed by atoms with Gasteiger partial charge in [0.15, 0.2) is 0 Å². The summed E-state index contributed by atoms with van der Waals surface area (Å²) in [5, 5.41) is 2.98. The third-order valence-corrected chi connectivity index (χ3v) is 3.86. The zero-order chi connectivity index (χ0) is 18.1. The largest absolute Gasteiger partial charge is 0.465 e. The van der Waals surface area contributed by atoms with E-state index in [-0.39, 0.29) is 40.6 Å². The third kappa shape index (κ3) is 3.35. The van der Waals surface area contributed by atoms with Crippen LogP contribution < -0.4 is 10.9 Å². The van der Waals surface area contributed by atoms with Gasteiger partial charge in [0.1, 0.15) is 29.0 Å². The molecule has 0 saturated heterocycles. The maximum Gasteiger partial charge on any atom is 0.265 e. The van der Waals surface area contributed by atoms with Crippen LogP contribution in [0.15, 0.2) is 32.1 Å². The summed E-state index contributed by atoms with van der Waals surface area (Å²) in [7, 11) is 0. The summed E-state index contributed by atoms with van der Waals surface area (Å²) in [4.78, 5) is 29.5. The van der Waals surface area contributed by atoms with E-state index < -0.39 is 0 Å². The first-order chi connectivity index (χ1) is 11.9. The molecule has 3 heterocycles. The Hall–Kier alpha value is -2.83. The number of aromatic nitrogens is 2. The number of hydrogen-bond acceptors (Lipinski definition) is 5. The minimum Gasteiger partial charge on any atom is -0.465 e. The monoisotopic (exact) mass is 343 g/mol. The van der Waals surface area contributed by atoms with Crippen LogP contribution in [0.5, 0.6) is 0 Å². The van der Waals surface area contributed by atoms with E-state index in [0.717, 1.165) is 5.76 Å². The predicted octanol–water partition coefficient (Wildman–Crippen LogP) is 2.79. The summed E-state index contributed by atoms with van der Waals surface area (Å²) in [6.45, 7) is 8.27. The molecule has 0 aliphatic rings. The molecule has 0 unspecified atom stereocenters. The highest BCUT2D eigenvalue weighted by atomic mass is 16.3. The first-order valence-corrected chi connectivity index (χ1v) is 8.19. The first-order valence-electron chi connectivity index (χ1n) is 8.19. The van der Waals surface area contributed by atoms with Gasteiger partial charge in [0, 0.05) is 6.54 Å². The lowest BCUT2D eigenvalue weighted by atomic mass is 10.1. The normalized spacial score (nSPS) is 11.4. The van der Waals surface area contributed by atoms with Crippen molar-refractivity contribution in [1.29, 1.82) is 0 Å². The molecule has 1 amide bonds. The Labute approximate surface area is 144 Å². The molecule has 0 aromatic carbocycles. The van der Waals surface area contributed by atoms with Gasteiger partial charge in [0.25, 0.3) is 11.5 Å². The molecule has 0 fully saturated rings. The number of rotatable bonds is 5. The van der Waals surface area contributed by atoms with Crippen molar-refractivity contribution in [3.8, 4) is 0 Å². The van der Waals surface area contributed by atoms with Gasteiger partial charge in [-0.05, 0) is 31.9 Å². The molecule has 7 heteroatoms. The molecule has 0 bridgehead atoms. The lowest BCUT2D eigenvalue weighted by molar-refractivity contribution is 0.0947. The maximum absolute atomic E-state index is 12.7. The Morgan fingerprint density at radius 3 is 2.68 bits per heavy atom. The number of amides is 1. The van der Waals surface area contributed by atoms with E-state index in [2.05, 4.69) is 10.3 Å². The standard InChI is InChI=1S/C18H21N3O4/c1-10(2)8-21-9-20-17-15(18(21)23)14(12(4)25-17)16(22)19-7-13-6-5-11(3)24-13/h5-6,9-10H,7-8H2,1-4H3,(H,19,22). The molecule has 3 rings (SSSR count). The Kier molecular flexibility index (Phi) is 4.48. The average molecular weight is 343 g/mol. The number of aryl methyl sites for hydroxylation is 2. The van der Waals surface area contributed by atoms with Crippen LogP contribution in [-0.2, 0) is 13.1 Å². The number of carbonyl (C=O) groups excluding carboxylic acids is 1. The van der Waals surface area contributed by atoms with Crippen LogP contribution in [-0.4, -0.2) is 15.5 Å². The quantitative estimate of drug-likeness (QED) is 0.769. The van der Waals surface area contributed by atoms with Crippen LogP contribution in [0.1, 0.15) is 41.5 Å². The van der Waals surface area contributed by atoms with Crippen molar-refractivity contribution in [2.75, 3.05) is 0 Å². The smallest absolute Gasteiger partial charge is 0.265 e. The third-order valence-electron chi connectivity index (χ3n) is 3.86. The zero-order valence-corrected chi connectivity index (χ0v) is 14.8. The SMILES string of the molecule is Cc1ccc(CNC(=O)c2c(C)oc3ncn(CC(C)C)c(=O)c23)o1. The molecule has 0 aliphatic carbocycles. The molecule has 3 aromatic heterocycles.